The summed E-state index contributed by atoms with van der Waals surface area (Å²) in [5.74, 6) is 0.00910. The Hall–Kier alpha value is -3.71. The Bertz CT molecular complexity index is 1380. The summed E-state index contributed by atoms with van der Waals surface area (Å²) in [7, 11) is 0. The van der Waals surface area contributed by atoms with Gasteiger partial charge in [0.25, 0.3) is 6.01 Å². The summed E-state index contributed by atoms with van der Waals surface area (Å²) >= 11 is 1.64. The van der Waals surface area contributed by atoms with Crippen LogP contribution in [0.1, 0.15) is 12.8 Å². The van der Waals surface area contributed by atoms with Crippen LogP contribution in [0.2, 0.25) is 0 Å². The van der Waals surface area contributed by atoms with E-state index < -0.39 is 0 Å². The number of anilines is 2. The normalized spacial score (nSPS) is 14.7. The molecular weight excluding hydrogens is 432 g/mol. The van der Waals surface area contributed by atoms with Crippen LogP contribution in [0.15, 0.2) is 77.2 Å². The summed E-state index contributed by atoms with van der Waals surface area (Å²) in [4.78, 5) is 24.6. The third-order valence-electron chi connectivity index (χ3n) is 6.13. The highest BCUT2D eigenvalue weighted by Gasteiger charge is 2.28. The highest BCUT2D eigenvalue weighted by molar-refractivity contribution is 7.21. The lowest BCUT2D eigenvalue weighted by Gasteiger charge is -2.30. The van der Waals surface area contributed by atoms with Crippen molar-refractivity contribution in [1.29, 1.82) is 0 Å². The lowest BCUT2D eigenvalue weighted by Crippen LogP contribution is -2.38. The van der Waals surface area contributed by atoms with Gasteiger partial charge in [0.05, 0.1) is 15.9 Å². The second-order valence-electron chi connectivity index (χ2n) is 8.25. The maximum atomic E-state index is 13.1. The third kappa shape index (κ3) is 3.85. The van der Waals surface area contributed by atoms with Gasteiger partial charge >= 0.3 is 0 Å². The molecule has 6 nitrogen and oxygen atoms in total. The van der Waals surface area contributed by atoms with E-state index in [9.17, 15) is 4.79 Å². The molecule has 1 saturated heterocycles. The molecule has 0 atom stereocenters. The van der Waals surface area contributed by atoms with E-state index in [0.29, 0.717) is 6.01 Å². The third-order valence-corrected chi connectivity index (χ3v) is 7.20. The molecule has 1 fully saturated rings. The van der Waals surface area contributed by atoms with E-state index in [1.54, 1.807) is 11.3 Å². The standard InChI is InChI=1S/C26H22N4O2S/c31-24(17-13-15-30(16-14-17)26-29-20-9-3-5-11-22(20)32-26)27-19-8-2-1-7-18(19)25-28-21-10-4-6-12-23(21)33-25/h1-12,17H,13-16H2,(H,27,31). The minimum atomic E-state index is -0.0472. The Morgan fingerprint density at radius 2 is 1.64 bits per heavy atom. The lowest BCUT2D eigenvalue weighted by molar-refractivity contribution is -0.120. The van der Waals surface area contributed by atoms with Gasteiger partial charge < -0.3 is 14.6 Å². The molecule has 0 unspecified atom stereocenters. The second-order valence-corrected chi connectivity index (χ2v) is 9.28. The molecular formula is C26H22N4O2S. The summed E-state index contributed by atoms with van der Waals surface area (Å²) in [5, 5.41) is 4.08. The second kappa shape index (κ2) is 8.33. The van der Waals surface area contributed by atoms with Gasteiger partial charge in [-0.2, -0.15) is 4.98 Å². The summed E-state index contributed by atoms with van der Waals surface area (Å²) in [6.07, 6.45) is 1.52. The number of hydrogen-bond donors (Lipinski definition) is 1. The van der Waals surface area contributed by atoms with Crippen LogP contribution in [-0.2, 0) is 4.79 Å². The molecule has 1 N–H and O–H groups in total. The van der Waals surface area contributed by atoms with Crippen LogP contribution in [-0.4, -0.2) is 29.0 Å². The molecule has 0 radical (unpaired) electrons. The van der Waals surface area contributed by atoms with Gasteiger partial charge in [-0.15, -0.1) is 11.3 Å². The molecule has 7 heteroatoms. The molecule has 0 aliphatic carbocycles. The molecule has 164 valence electrons. The maximum absolute atomic E-state index is 13.1. The number of nitrogens with one attached hydrogen (secondary N) is 1. The minimum Gasteiger partial charge on any atom is -0.423 e. The van der Waals surface area contributed by atoms with Crippen molar-refractivity contribution >= 4 is 50.3 Å². The van der Waals surface area contributed by atoms with Crippen molar-refractivity contribution in [3.63, 3.8) is 0 Å². The first-order valence-corrected chi connectivity index (χ1v) is 11.9. The maximum Gasteiger partial charge on any atom is 0.298 e. The van der Waals surface area contributed by atoms with Gasteiger partial charge in [0, 0.05) is 24.6 Å². The molecule has 0 bridgehead atoms. The van der Waals surface area contributed by atoms with Crippen LogP contribution < -0.4 is 10.2 Å². The van der Waals surface area contributed by atoms with Crippen LogP contribution >= 0.6 is 11.3 Å². The number of benzene rings is 3. The summed E-state index contributed by atoms with van der Waals surface area (Å²) in [6.45, 7) is 1.48. The van der Waals surface area contributed by atoms with Crippen molar-refractivity contribution in [1.82, 2.24) is 9.97 Å². The fraction of sp³-hybridized carbons (Fsp3) is 0.192. The molecule has 0 spiro atoms. The van der Waals surface area contributed by atoms with E-state index in [0.717, 1.165) is 63.5 Å². The molecule has 1 amide bonds. The molecule has 3 heterocycles. The number of amides is 1. The topological polar surface area (TPSA) is 71.3 Å². The number of nitrogens with zero attached hydrogens (tertiary/aromatic N) is 3. The van der Waals surface area contributed by atoms with Crippen LogP contribution in [0.4, 0.5) is 11.7 Å². The van der Waals surface area contributed by atoms with Crippen molar-refractivity contribution in [3.05, 3.63) is 72.8 Å². The zero-order valence-electron chi connectivity index (χ0n) is 17.9. The zero-order chi connectivity index (χ0) is 22.2. The van der Waals surface area contributed by atoms with E-state index in [1.807, 2.05) is 66.7 Å². The predicted molar refractivity (Wildman–Crippen MR) is 133 cm³/mol. The van der Waals surface area contributed by atoms with Crippen molar-refractivity contribution in [2.24, 2.45) is 5.92 Å². The van der Waals surface area contributed by atoms with E-state index in [1.165, 1.54) is 0 Å². The van der Waals surface area contributed by atoms with Crippen molar-refractivity contribution in [2.45, 2.75) is 12.8 Å². The smallest absolute Gasteiger partial charge is 0.298 e. The lowest BCUT2D eigenvalue weighted by atomic mass is 9.96. The number of para-hydroxylation sites is 4. The zero-order valence-corrected chi connectivity index (χ0v) is 18.7. The average molecular weight is 455 g/mol. The Kier molecular flexibility index (Phi) is 5.03. The van der Waals surface area contributed by atoms with Gasteiger partial charge in [-0.3, -0.25) is 4.79 Å². The van der Waals surface area contributed by atoms with Gasteiger partial charge in [0.1, 0.15) is 10.5 Å². The van der Waals surface area contributed by atoms with E-state index in [-0.39, 0.29) is 11.8 Å². The fourth-order valence-corrected chi connectivity index (χ4v) is 5.33. The number of carbonyl (C=O) groups is 1. The number of hydrogen-bond acceptors (Lipinski definition) is 6. The number of oxazole rings is 1. The van der Waals surface area contributed by atoms with E-state index in [4.69, 9.17) is 9.40 Å². The Balaban J connectivity index is 1.16. The van der Waals surface area contributed by atoms with Crippen LogP contribution in [0.25, 0.3) is 31.9 Å². The first-order valence-electron chi connectivity index (χ1n) is 11.1. The SMILES string of the molecule is O=C(Nc1ccccc1-c1nc2ccccc2s1)C1CCN(c2nc3ccccc3o2)CC1. The Labute approximate surface area is 194 Å². The number of fused-ring (bicyclic) bond motifs is 2. The van der Waals surface area contributed by atoms with Gasteiger partial charge in [0.15, 0.2) is 5.58 Å². The quantitative estimate of drug-likeness (QED) is 0.363. The van der Waals surface area contributed by atoms with Gasteiger partial charge in [0.2, 0.25) is 5.91 Å². The Morgan fingerprint density at radius 3 is 2.45 bits per heavy atom. The Morgan fingerprint density at radius 1 is 0.909 bits per heavy atom. The predicted octanol–water partition coefficient (Wildman–Crippen LogP) is 5.96. The number of carbonyl (C=O) groups excluding carboxylic acids is 1. The molecule has 1 aliphatic heterocycles. The van der Waals surface area contributed by atoms with Gasteiger partial charge in [-0.1, -0.05) is 36.4 Å². The number of thiazole rings is 1. The number of piperidine rings is 1. The largest absolute Gasteiger partial charge is 0.423 e. The molecule has 6 rings (SSSR count). The van der Waals surface area contributed by atoms with E-state index in [2.05, 4.69) is 21.3 Å². The molecule has 2 aromatic heterocycles. The molecule has 5 aromatic rings. The van der Waals surface area contributed by atoms with Crippen molar-refractivity contribution in [3.8, 4) is 10.6 Å². The van der Waals surface area contributed by atoms with E-state index >= 15 is 0 Å². The van der Waals surface area contributed by atoms with Crippen LogP contribution in [0.5, 0.6) is 0 Å². The summed E-state index contributed by atoms with van der Waals surface area (Å²) in [6, 6.07) is 24.4. The summed E-state index contributed by atoms with van der Waals surface area (Å²) in [5.41, 5.74) is 4.39. The number of rotatable bonds is 4. The van der Waals surface area contributed by atoms with Gasteiger partial charge in [-0.05, 0) is 49.2 Å². The average Bonchev–Trinajstić information content (AvgIpc) is 3.49. The van der Waals surface area contributed by atoms with Crippen molar-refractivity contribution < 1.29 is 9.21 Å². The first-order chi connectivity index (χ1) is 16.2. The monoisotopic (exact) mass is 454 g/mol. The minimum absolute atomic E-state index is 0.0472. The van der Waals surface area contributed by atoms with Gasteiger partial charge in [-0.25, -0.2) is 4.98 Å². The van der Waals surface area contributed by atoms with Crippen molar-refractivity contribution in [2.75, 3.05) is 23.3 Å². The molecule has 1 aliphatic rings. The number of aromatic nitrogens is 2. The summed E-state index contributed by atoms with van der Waals surface area (Å²) < 4.78 is 7.04. The highest BCUT2D eigenvalue weighted by Crippen LogP contribution is 2.35. The molecule has 3 aromatic carbocycles. The fourth-order valence-electron chi connectivity index (χ4n) is 4.33. The molecule has 33 heavy (non-hydrogen) atoms. The van der Waals surface area contributed by atoms with Crippen LogP contribution in [0, 0.1) is 5.92 Å². The molecule has 0 saturated carbocycles. The first kappa shape index (κ1) is 19.9. The van der Waals surface area contributed by atoms with Crippen LogP contribution in [0.3, 0.4) is 0 Å². The highest BCUT2D eigenvalue weighted by atomic mass is 32.1.